The van der Waals surface area contributed by atoms with E-state index in [0.717, 1.165) is 82.7 Å². The Kier molecular flexibility index (Phi) is 11.9. The first-order chi connectivity index (χ1) is 12.2. The molecule has 0 amide bonds. The number of nitrogens with zero attached hydrogens (tertiary/aromatic N) is 2. The zero-order valence-electron chi connectivity index (χ0n) is 16.2. The lowest BCUT2D eigenvalue weighted by atomic mass is 10.1. The number of guanidine groups is 1. The number of rotatable bonds is 10. The first-order valence-corrected chi connectivity index (χ1v) is 9.30. The third-order valence-electron chi connectivity index (χ3n) is 4.29. The van der Waals surface area contributed by atoms with E-state index >= 15 is 0 Å². The van der Waals surface area contributed by atoms with E-state index in [0.29, 0.717) is 5.92 Å². The van der Waals surface area contributed by atoms with Crippen molar-refractivity contribution in [1.29, 1.82) is 0 Å². The molecule has 1 atom stereocenters. The van der Waals surface area contributed by atoms with Crippen LogP contribution >= 0.6 is 24.0 Å². The van der Waals surface area contributed by atoms with Crippen LogP contribution in [0.1, 0.15) is 36.8 Å². The molecule has 0 radical (unpaired) electrons. The average Bonchev–Trinajstić information content (AvgIpc) is 3.22. The highest BCUT2D eigenvalue weighted by molar-refractivity contribution is 14.0. The summed E-state index contributed by atoms with van der Waals surface area (Å²) in [4.78, 5) is 4.60. The van der Waals surface area contributed by atoms with Gasteiger partial charge in [-0.05, 0) is 40.0 Å². The average molecular weight is 480 g/mol. The van der Waals surface area contributed by atoms with Crippen molar-refractivity contribution in [3.8, 4) is 0 Å². The summed E-state index contributed by atoms with van der Waals surface area (Å²) in [5, 5.41) is 10.6. The standard InChI is InChI=1S/C18H32N4O3.HI/c1-4-19-18(21-9-6-17-14(2)22-25-15(17)3)20-8-5-10-23-12-16-7-11-24-13-16;/h16H,4-13H2,1-3H3,(H2,19,20,21);1H. The molecule has 1 aromatic heterocycles. The van der Waals surface area contributed by atoms with Crippen LogP contribution in [-0.4, -0.2) is 57.2 Å². The van der Waals surface area contributed by atoms with E-state index in [4.69, 9.17) is 14.0 Å². The summed E-state index contributed by atoms with van der Waals surface area (Å²) in [5.41, 5.74) is 2.14. The maximum atomic E-state index is 5.71. The number of aliphatic imine (C=N–C) groups is 1. The molecule has 1 saturated heterocycles. The van der Waals surface area contributed by atoms with Gasteiger partial charge in [0.1, 0.15) is 5.76 Å². The molecule has 1 fully saturated rings. The van der Waals surface area contributed by atoms with Crippen molar-refractivity contribution in [3.05, 3.63) is 17.0 Å². The second-order valence-electron chi connectivity index (χ2n) is 6.40. The van der Waals surface area contributed by atoms with E-state index in [-0.39, 0.29) is 24.0 Å². The van der Waals surface area contributed by atoms with Crippen LogP contribution < -0.4 is 10.6 Å². The highest BCUT2D eigenvalue weighted by Crippen LogP contribution is 2.12. The zero-order chi connectivity index (χ0) is 17.9. The molecule has 8 heteroatoms. The van der Waals surface area contributed by atoms with E-state index in [2.05, 4.69) is 27.7 Å². The fourth-order valence-corrected chi connectivity index (χ4v) is 2.83. The van der Waals surface area contributed by atoms with E-state index < -0.39 is 0 Å². The summed E-state index contributed by atoms with van der Waals surface area (Å²) >= 11 is 0. The van der Waals surface area contributed by atoms with E-state index in [9.17, 15) is 0 Å². The number of hydrogen-bond acceptors (Lipinski definition) is 5. The van der Waals surface area contributed by atoms with E-state index in [1.165, 1.54) is 5.56 Å². The molecule has 1 aromatic rings. The first-order valence-electron chi connectivity index (χ1n) is 9.30. The van der Waals surface area contributed by atoms with Crippen LogP contribution in [0.5, 0.6) is 0 Å². The number of hydrogen-bond donors (Lipinski definition) is 2. The molecule has 0 aliphatic carbocycles. The van der Waals surface area contributed by atoms with Gasteiger partial charge in [-0.1, -0.05) is 5.16 Å². The molecule has 1 aliphatic rings. The fraction of sp³-hybridized carbons (Fsp3) is 0.778. The van der Waals surface area contributed by atoms with Crippen molar-refractivity contribution in [2.45, 2.75) is 40.0 Å². The molecule has 0 spiro atoms. The minimum Gasteiger partial charge on any atom is -0.381 e. The Morgan fingerprint density at radius 1 is 1.35 bits per heavy atom. The van der Waals surface area contributed by atoms with Gasteiger partial charge >= 0.3 is 0 Å². The predicted octanol–water partition coefficient (Wildman–Crippen LogP) is 2.45. The van der Waals surface area contributed by atoms with Crippen LogP contribution in [0.2, 0.25) is 0 Å². The maximum absolute atomic E-state index is 5.71. The van der Waals surface area contributed by atoms with E-state index in [1.54, 1.807) is 0 Å². The van der Waals surface area contributed by atoms with Crippen molar-refractivity contribution in [2.24, 2.45) is 10.9 Å². The van der Waals surface area contributed by atoms with Crippen molar-refractivity contribution in [2.75, 3.05) is 46.1 Å². The Hall–Kier alpha value is -0.870. The van der Waals surface area contributed by atoms with Gasteiger partial charge in [0.2, 0.25) is 0 Å². The van der Waals surface area contributed by atoms with E-state index in [1.807, 2.05) is 13.8 Å². The predicted molar refractivity (Wildman–Crippen MR) is 113 cm³/mol. The van der Waals surface area contributed by atoms with Gasteiger partial charge in [0.15, 0.2) is 5.96 Å². The lowest BCUT2D eigenvalue weighted by Crippen LogP contribution is -2.38. The molecule has 0 bridgehead atoms. The molecular formula is C18H33IN4O3. The third-order valence-corrected chi connectivity index (χ3v) is 4.29. The molecule has 2 heterocycles. The van der Waals surface area contributed by atoms with Crippen molar-refractivity contribution >= 4 is 29.9 Å². The van der Waals surface area contributed by atoms with Crippen molar-refractivity contribution < 1.29 is 14.0 Å². The molecule has 2 rings (SSSR count). The largest absolute Gasteiger partial charge is 0.381 e. The van der Waals surface area contributed by atoms with Crippen LogP contribution in [0.3, 0.4) is 0 Å². The first kappa shape index (κ1) is 23.2. The number of ether oxygens (including phenoxy) is 2. The van der Waals surface area contributed by atoms with Crippen LogP contribution in [0.4, 0.5) is 0 Å². The number of nitrogens with one attached hydrogen (secondary N) is 2. The van der Waals surface area contributed by atoms with Crippen molar-refractivity contribution in [3.63, 3.8) is 0 Å². The molecule has 150 valence electrons. The number of aromatic nitrogens is 1. The molecule has 0 aromatic carbocycles. The third kappa shape index (κ3) is 8.22. The Morgan fingerprint density at radius 3 is 2.85 bits per heavy atom. The second kappa shape index (κ2) is 13.3. The summed E-state index contributed by atoms with van der Waals surface area (Å²) in [6.45, 7) is 11.7. The minimum atomic E-state index is 0. The summed E-state index contributed by atoms with van der Waals surface area (Å²) in [5.74, 6) is 2.32. The quantitative estimate of drug-likeness (QED) is 0.232. The normalized spacial score (nSPS) is 17.2. The highest BCUT2D eigenvalue weighted by atomic mass is 127. The van der Waals surface area contributed by atoms with Crippen molar-refractivity contribution in [1.82, 2.24) is 15.8 Å². The SMILES string of the molecule is CCNC(=NCCCOCC1CCOC1)NCCc1c(C)noc1C.I. The molecule has 0 saturated carbocycles. The van der Waals surface area contributed by atoms with Crippen LogP contribution in [0.15, 0.2) is 9.52 Å². The van der Waals surface area contributed by atoms with Gasteiger partial charge in [-0.25, -0.2) is 0 Å². The van der Waals surface area contributed by atoms with Gasteiger partial charge in [0.05, 0.1) is 18.9 Å². The monoisotopic (exact) mass is 480 g/mol. The minimum absolute atomic E-state index is 0. The zero-order valence-corrected chi connectivity index (χ0v) is 18.5. The van der Waals surface area contributed by atoms with Gasteiger partial charge < -0.3 is 24.6 Å². The summed E-state index contributed by atoms with van der Waals surface area (Å²) in [6.07, 6.45) is 2.92. The number of aryl methyl sites for hydroxylation is 2. The Labute approximate surface area is 173 Å². The lowest BCUT2D eigenvalue weighted by Gasteiger charge is -2.11. The van der Waals surface area contributed by atoms with Crippen LogP contribution in [0, 0.1) is 19.8 Å². The number of halogens is 1. The second-order valence-corrected chi connectivity index (χ2v) is 6.40. The highest BCUT2D eigenvalue weighted by Gasteiger charge is 2.15. The molecule has 2 N–H and O–H groups in total. The van der Waals surface area contributed by atoms with Gasteiger partial charge in [0.25, 0.3) is 0 Å². The maximum Gasteiger partial charge on any atom is 0.191 e. The molecule has 7 nitrogen and oxygen atoms in total. The Balaban J connectivity index is 0.00000338. The summed E-state index contributed by atoms with van der Waals surface area (Å²) < 4.78 is 16.2. The molecule has 1 aliphatic heterocycles. The lowest BCUT2D eigenvalue weighted by molar-refractivity contribution is 0.0893. The molecule has 26 heavy (non-hydrogen) atoms. The molecule has 1 unspecified atom stereocenters. The molecular weight excluding hydrogens is 447 g/mol. The summed E-state index contributed by atoms with van der Waals surface area (Å²) in [6, 6.07) is 0. The van der Waals surface area contributed by atoms with Crippen LogP contribution in [0.25, 0.3) is 0 Å². The van der Waals surface area contributed by atoms with Crippen LogP contribution in [-0.2, 0) is 15.9 Å². The van der Waals surface area contributed by atoms with Gasteiger partial charge in [-0.2, -0.15) is 0 Å². The topological polar surface area (TPSA) is 80.9 Å². The van der Waals surface area contributed by atoms with Gasteiger partial charge in [0, 0.05) is 44.3 Å². The van der Waals surface area contributed by atoms with Gasteiger partial charge in [-0.15, -0.1) is 24.0 Å². The Bertz CT molecular complexity index is 511. The Morgan fingerprint density at radius 2 is 2.19 bits per heavy atom. The fourth-order valence-electron chi connectivity index (χ4n) is 2.83. The summed E-state index contributed by atoms with van der Waals surface area (Å²) in [7, 11) is 0. The van der Waals surface area contributed by atoms with Gasteiger partial charge in [-0.3, -0.25) is 4.99 Å². The smallest absolute Gasteiger partial charge is 0.191 e.